The topological polar surface area (TPSA) is 78.4 Å². The number of amides is 1. The van der Waals surface area contributed by atoms with Gasteiger partial charge in [0.05, 0.1) is 0 Å². The van der Waals surface area contributed by atoms with Crippen LogP contribution >= 0.6 is 11.8 Å². The van der Waals surface area contributed by atoms with Crippen LogP contribution in [-0.4, -0.2) is 42.7 Å². The highest BCUT2D eigenvalue weighted by Gasteiger charge is 2.04. The Hall–Kier alpha value is -2.54. The first-order valence-corrected chi connectivity index (χ1v) is 9.51. The number of carbonyl (C=O) groups is 1. The van der Waals surface area contributed by atoms with E-state index in [-0.39, 0.29) is 5.91 Å². The van der Waals surface area contributed by atoms with E-state index in [2.05, 4.69) is 38.1 Å². The number of thioether (sulfide) groups is 1. The number of nitrogens with zero attached hydrogens (tertiary/aromatic N) is 2. The fraction of sp³-hybridized carbons (Fsp3) is 0.316. The monoisotopic (exact) mass is 371 g/mol. The first-order chi connectivity index (χ1) is 12.7. The number of hydrogen-bond acceptors (Lipinski definition) is 4. The second kappa shape index (κ2) is 11.1. The fourth-order valence-electron chi connectivity index (χ4n) is 2.12. The molecule has 0 aliphatic rings. The minimum Gasteiger partial charge on any atom is -0.356 e. The molecule has 1 aromatic heterocycles. The van der Waals surface area contributed by atoms with Crippen LogP contribution < -0.4 is 16.0 Å². The van der Waals surface area contributed by atoms with E-state index in [1.165, 1.54) is 4.90 Å². The second-order valence-corrected chi connectivity index (χ2v) is 6.77. The Morgan fingerprint density at radius 1 is 1.12 bits per heavy atom. The molecule has 2 aromatic rings. The molecule has 138 valence electrons. The number of benzene rings is 1. The molecule has 0 bridgehead atoms. The molecule has 0 saturated heterocycles. The van der Waals surface area contributed by atoms with Crippen molar-refractivity contribution in [1.29, 1.82) is 0 Å². The Kier molecular flexibility index (Phi) is 8.48. The number of aliphatic imine (C=N–C) groups is 1. The van der Waals surface area contributed by atoms with E-state index >= 15 is 0 Å². The number of pyridine rings is 1. The van der Waals surface area contributed by atoms with Gasteiger partial charge in [0.25, 0.3) is 0 Å². The molecule has 2 rings (SSSR count). The Bertz CT molecular complexity index is 704. The molecule has 0 radical (unpaired) electrons. The number of anilines is 1. The lowest BCUT2D eigenvalue weighted by Crippen LogP contribution is -2.39. The van der Waals surface area contributed by atoms with Gasteiger partial charge in [0.1, 0.15) is 5.82 Å². The summed E-state index contributed by atoms with van der Waals surface area (Å²) < 4.78 is 0. The van der Waals surface area contributed by atoms with Crippen LogP contribution in [0.4, 0.5) is 5.82 Å². The molecule has 0 saturated carbocycles. The van der Waals surface area contributed by atoms with Crippen LogP contribution in [0.15, 0.2) is 58.5 Å². The van der Waals surface area contributed by atoms with Crippen LogP contribution in [0.3, 0.4) is 0 Å². The van der Waals surface area contributed by atoms with Crippen molar-refractivity contribution in [2.75, 3.05) is 31.2 Å². The Labute approximate surface area is 158 Å². The van der Waals surface area contributed by atoms with E-state index in [0.29, 0.717) is 24.7 Å². The number of guanidine groups is 1. The van der Waals surface area contributed by atoms with Crippen molar-refractivity contribution < 1.29 is 4.79 Å². The third-order valence-electron chi connectivity index (χ3n) is 3.45. The van der Waals surface area contributed by atoms with Gasteiger partial charge in [0, 0.05) is 43.4 Å². The van der Waals surface area contributed by atoms with Gasteiger partial charge < -0.3 is 16.0 Å². The van der Waals surface area contributed by atoms with Crippen LogP contribution in [0.25, 0.3) is 0 Å². The summed E-state index contributed by atoms with van der Waals surface area (Å²) in [5.74, 6) is 2.12. The minimum atomic E-state index is -0.0797. The first kappa shape index (κ1) is 19.8. The normalized spacial score (nSPS) is 11.1. The molecule has 0 aliphatic carbocycles. The van der Waals surface area contributed by atoms with Gasteiger partial charge in [-0.2, -0.15) is 0 Å². The van der Waals surface area contributed by atoms with Gasteiger partial charge >= 0.3 is 0 Å². The zero-order valence-corrected chi connectivity index (χ0v) is 16.0. The van der Waals surface area contributed by atoms with Crippen molar-refractivity contribution in [3.05, 3.63) is 54.2 Å². The van der Waals surface area contributed by atoms with E-state index in [9.17, 15) is 4.79 Å². The van der Waals surface area contributed by atoms with Crippen molar-refractivity contribution in [3.63, 3.8) is 0 Å². The number of carbonyl (C=O) groups excluding carboxylic acids is 1. The molecule has 0 spiro atoms. The molecule has 0 aliphatic heterocycles. The summed E-state index contributed by atoms with van der Waals surface area (Å²) in [6, 6.07) is 14.0. The summed E-state index contributed by atoms with van der Waals surface area (Å²) >= 11 is 1.79. The maximum absolute atomic E-state index is 11.9. The standard InChI is InChI=1S/C19H25N5OS/c1-15-8-9-17(23-14-15)24-18(25)10-11-21-19(20-2)22-12-13-26-16-6-4-3-5-7-16/h3-9,14H,10-13H2,1-2H3,(H2,20,21,22)(H,23,24,25). The predicted octanol–water partition coefficient (Wildman–Crippen LogP) is 2.68. The Morgan fingerprint density at radius 3 is 2.58 bits per heavy atom. The highest BCUT2D eigenvalue weighted by atomic mass is 32.2. The third kappa shape index (κ3) is 7.57. The quantitative estimate of drug-likeness (QED) is 0.288. The molecule has 3 N–H and O–H groups in total. The SMILES string of the molecule is CN=C(NCCSc1ccccc1)NCCC(=O)Nc1ccc(C)cn1. The summed E-state index contributed by atoms with van der Waals surface area (Å²) in [5.41, 5.74) is 1.06. The van der Waals surface area contributed by atoms with Gasteiger partial charge in [-0.1, -0.05) is 24.3 Å². The number of aryl methyl sites for hydroxylation is 1. The predicted molar refractivity (Wildman–Crippen MR) is 109 cm³/mol. The average molecular weight is 372 g/mol. The zero-order chi connectivity index (χ0) is 18.6. The van der Waals surface area contributed by atoms with Gasteiger partial charge in [-0.3, -0.25) is 9.79 Å². The number of rotatable bonds is 8. The number of hydrogen-bond donors (Lipinski definition) is 3. The van der Waals surface area contributed by atoms with Gasteiger partial charge in [-0.15, -0.1) is 11.8 Å². The van der Waals surface area contributed by atoms with Crippen LogP contribution in [0.2, 0.25) is 0 Å². The molecule has 7 heteroatoms. The average Bonchev–Trinajstić information content (AvgIpc) is 2.66. The van der Waals surface area contributed by atoms with Crippen molar-refractivity contribution in [2.45, 2.75) is 18.2 Å². The summed E-state index contributed by atoms with van der Waals surface area (Å²) in [7, 11) is 1.72. The molecule has 0 atom stereocenters. The van der Waals surface area contributed by atoms with Gasteiger partial charge in [0.2, 0.25) is 5.91 Å². The lowest BCUT2D eigenvalue weighted by atomic mass is 10.3. The molecule has 26 heavy (non-hydrogen) atoms. The summed E-state index contributed by atoms with van der Waals surface area (Å²) in [5, 5.41) is 9.16. The van der Waals surface area contributed by atoms with Crippen LogP contribution in [-0.2, 0) is 4.79 Å². The fourth-order valence-corrected chi connectivity index (χ4v) is 2.91. The Morgan fingerprint density at radius 2 is 1.88 bits per heavy atom. The largest absolute Gasteiger partial charge is 0.356 e. The van der Waals surface area contributed by atoms with E-state index in [1.54, 1.807) is 31.1 Å². The van der Waals surface area contributed by atoms with E-state index in [1.807, 2.05) is 31.2 Å². The van der Waals surface area contributed by atoms with Gasteiger partial charge in [-0.25, -0.2) is 4.98 Å². The minimum absolute atomic E-state index is 0.0797. The lowest BCUT2D eigenvalue weighted by Gasteiger charge is -2.11. The molecule has 0 fully saturated rings. The number of aromatic nitrogens is 1. The summed E-state index contributed by atoms with van der Waals surface area (Å²) in [6.45, 7) is 3.25. The summed E-state index contributed by atoms with van der Waals surface area (Å²) in [4.78, 5) is 21.5. The molecule has 1 heterocycles. The maximum Gasteiger partial charge on any atom is 0.227 e. The molecular weight excluding hydrogens is 346 g/mol. The molecule has 1 amide bonds. The van der Waals surface area contributed by atoms with Crippen molar-refractivity contribution in [1.82, 2.24) is 15.6 Å². The van der Waals surface area contributed by atoms with E-state index in [4.69, 9.17) is 0 Å². The van der Waals surface area contributed by atoms with Crippen LogP contribution in [0.1, 0.15) is 12.0 Å². The molecule has 0 unspecified atom stereocenters. The first-order valence-electron chi connectivity index (χ1n) is 8.52. The lowest BCUT2D eigenvalue weighted by molar-refractivity contribution is -0.116. The van der Waals surface area contributed by atoms with Crippen LogP contribution in [0.5, 0.6) is 0 Å². The van der Waals surface area contributed by atoms with E-state index < -0.39 is 0 Å². The van der Waals surface area contributed by atoms with Crippen molar-refractivity contribution in [2.24, 2.45) is 4.99 Å². The Balaban J connectivity index is 1.60. The highest BCUT2D eigenvalue weighted by Crippen LogP contribution is 2.15. The summed E-state index contributed by atoms with van der Waals surface area (Å²) in [6.07, 6.45) is 2.07. The van der Waals surface area contributed by atoms with Crippen molar-refractivity contribution in [3.8, 4) is 0 Å². The smallest absolute Gasteiger partial charge is 0.227 e. The van der Waals surface area contributed by atoms with Gasteiger partial charge in [0.15, 0.2) is 5.96 Å². The third-order valence-corrected chi connectivity index (χ3v) is 4.47. The van der Waals surface area contributed by atoms with Crippen molar-refractivity contribution >= 4 is 29.4 Å². The van der Waals surface area contributed by atoms with E-state index in [0.717, 1.165) is 17.9 Å². The highest BCUT2D eigenvalue weighted by molar-refractivity contribution is 7.99. The zero-order valence-electron chi connectivity index (χ0n) is 15.2. The van der Waals surface area contributed by atoms with Gasteiger partial charge in [-0.05, 0) is 30.7 Å². The molecule has 1 aromatic carbocycles. The van der Waals surface area contributed by atoms with Crippen LogP contribution in [0, 0.1) is 6.92 Å². The number of nitrogens with one attached hydrogen (secondary N) is 3. The second-order valence-electron chi connectivity index (χ2n) is 5.61. The maximum atomic E-state index is 11.9. The molecule has 6 nitrogen and oxygen atoms in total. The molecular formula is C19H25N5OS.